The maximum absolute atomic E-state index is 5.68. The molecule has 0 fully saturated rings. The lowest BCUT2D eigenvalue weighted by molar-refractivity contribution is 0.389. The summed E-state index contributed by atoms with van der Waals surface area (Å²) in [7, 11) is 3.23. The number of rotatable bonds is 3. The van der Waals surface area contributed by atoms with E-state index in [1.165, 1.54) is 0 Å². The first-order valence-corrected chi connectivity index (χ1v) is 5.10. The minimum atomic E-state index is 0.276. The van der Waals surface area contributed by atoms with E-state index in [4.69, 9.17) is 19.7 Å². The summed E-state index contributed by atoms with van der Waals surface area (Å²) in [6.07, 6.45) is 1.57. The average molecular weight is 234 g/mol. The highest BCUT2D eigenvalue weighted by molar-refractivity contribution is 5.75. The fourth-order valence-corrected chi connectivity index (χ4v) is 1.71. The molecule has 5 nitrogen and oxygen atoms in total. The van der Waals surface area contributed by atoms with E-state index in [1.54, 1.807) is 20.4 Å². The molecule has 0 unspecified atom stereocenters. The molecule has 0 amide bonds. The molecule has 2 N–H and O–H groups in total. The second-order valence-corrected chi connectivity index (χ2v) is 3.61. The highest BCUT2D eigenvalue weighted by Gasteiger charge is 2.13. The number of benzene rings is 1. The first-order chi connectivity index (χ1) is 8.17. The number of hydrogen-bond donors (Lipinski definition) is 1. The van der Waals surface area contributed by atoms with Gasteiger partial charge in [0.05, 0.1) is 26.0 Å². The Morgan fingerprint density at radius 1 is 1.18 bits per heavy atom. The lowest BCUT2D eigenvalue weighted by Gasteiger charge is -2.11. The molecule has 90 valence electrons. The largest absolute Gasteiger partial charge is 0.496 e. The van der Waals surface area contributed by atoms with E-state index in [0.29, 0.717) is 0 Å². The SMILES string of the molecule is COc1cc(-c2cnoc2N)cc(OC)c1C. The molecule has 0 spiro atoms. The van der Waals surface area contributed by atoms with Gasteiger partial charge < -0.3 is 19.7 Å². The van der Waals surface area contributed by atoms with Gasteiger partial charge in [0.2, 0.25) is 5.88 Å². The van der Waals surface area contributed by atoms with Crippen molar-refractivity contribution in [1.29, 1.82) is 0 Å². The quantitative estimate of drug-likeness (QED) is 0.881. The molecule has 0 aliphatic heterocycles. The highest BCUT2D eigenvalue weighted by Crippen LogP contribution is 2.36. The Morgan fingerprint density at radius 3 is 2.18 bits per heavy atom. The van der Waals surface area contributed by atoms with Crippen molar-refractivity contribution < 1.29 is 14.0 Å². The number of nitrogens with two attached hydrogens (primary N) is 1. The van der Waals surface area contributed by atoms with Crippen LogP contribution in [0.25, 0.3) is 11.1 Å². The Kier molecular flexibility index (Phi) is 2.91. The van der Waals surface area contributed by atoms with E-state index >= 15 is 0 Å². The van der Waals surface area contributed by atoms with Gasteiger partial charge in [-0.15, -0.1) is 0 Å². The van der Waals surface area contributed by atoms with Crippen LogP contribution in [0.4, 0.5) is 5.88 Å². The predicted octanol–water partition coefficient (Wildman–Crippen LogP) is 2.25. The summed E-state index contributed by atoms with van der Waals surface area (Å²) < 4.78 is 15.4. The van der Waals surface area contributed by atoms with Crippen LogP contribution in [0.15, 0.2) is 22.9 Å². The van der Waals surface area contributed by atoms with E-state index in [0.717, 1.165) is 28.2 Å². The second kappa shape index (κ2) is 4.37. The maximum Gasteiger partial charge on any atom is 0.229 e. The number of methoxy groups -OCH3 is 2. The van der Waals surface area contributed by atoms with Crippen molar-refractivity contribution >= 4 is 5.88 Å². The normalized spacial score (nSPS) is 10.3. The predicted molar refractivity (Wildman–Crippen MR) is 64.2 cm³/mol. The van der Waals surface area contributed by atoms with Crippen LogP contribution in [-0.2, 0) is 0 Å². The number of nitrogen functional groups attached to an aromatic ring is 1. The van der Waals surface area contributed by atoms with Gasteiger partial charge in [-0.05, 0) is 24.6 Å². The van der Waals surface area contributed by atoms with Gasteiger partial charge in [-0.25, -0.2) is 0 Å². The van der Waals surface area contributed by atoms with Crippen molar-refractivity contribution in [2.45, 2.75) is 6.92 Å². The molecule has 17 heavy (non-hydrogen) atoms. The zero-order valence-corrected chi connectivity index (χ0v) is 9.98. The van der Waals surface area contributed by atoms with Crippen molar-refractivity contribution in [2.24, 2.45) is 0 Å². The molecule has 1 aromatic heterocycles. The zero-order valence-electron chi connectivity index (χ0n) is 9.98. The van der Waals surface area contributed by atoms with E-state index in [2.05, 4.69) is 5.16 Å². The van der Waals surface area contributed by atoms with Crippen LogP contribution in [0.1, 0.15) is 5.56 Å². The molecule has 0 radical (unpaired) electrons. The Hall–Kier alpha value is -2.17. The number of hydrogen-bond acceptors (Lipinski definition) is 5. The molecule has 1 aromatic carbocycles. The molecule has 5 heteroatoms. The molecule has 0 atom stereocenters. The Balaban J connectivity index is 2.60. The first kappa shape index (κ1) is 11.3. The van der Waals surface area contributed by atoms with Crippen LogP contribution in [-0.4, -0.2) is 19.4 Å². The number of ether oxygens (including phenoxy) is 2. The standard InChI is InChI=1S/C12H14N2O3/c1-7-10(15-2)4-8(5-11(7)16-3)9-6-14-17-12(9)13/h4-6H,13H2,1-3H3. The van der Waals surface area contributed by atoms with Crippen molar-refractivity contribution in [2.75, 3.05) is 20.0 Å². The first-order valence-electron chi connectivity index (χ1n) is 5.10. The molecule has 2 aromatic rings. The molecule has 1 heterocycles. The Bertz CT molecular complexity index is 509. The van der Waals surface area contributed by atoms with Gasteiger partial charge in [-0.3, -0.25) is 0 Å². The topological polar surface area (TPSA) is 70.5 Å². The monoisotopic (exact) mass is 234 g/mol. The second-order valence-electron chi connectivity index (χ2n) is 3.61. The van der Waals surface area contributed by atoms with Crippen LogP contribution >= 0.6 is 0 Å². The maximum atomic E-state index is 5.68. The Labute approximate surface area is 99.1 Å². The third-order valence-electron chi connectivity index (χ3n) is 2.66. The number of anilines is 1. The van der Waals surface area contributed by atoms with Crippen molar-refractivity contribution in [1.82, 2.24) is 5.16 Å². The molecule has 0 saturated carbocycles. The number of aromatic nitrogens is 1. The van der Waals surface area contributed by atoms with Gasteiger partial charge in [0.1, 0.15) is 11.5 Å². The summed E-state index contributed by atoms with van der Waals surface area (Å²) in [4.78, 5) is 0. The summed E-state index contributed by atoms with van der Waals surface area (Å²) in [6.45, 7) is 1.93. The molecule has 0 bridgehead atoms. The van der Waals surface area contributed by atoms with Gasteiger partial charge in [0.15, 0.2) is 0 Å². The molecule has 0 aliphatic carbocycles. The van der Waals surface area contributed by atoms with E-state index < -0.39 is 0 Å². The van der Waals surface area contributed by atoms with Crippen molar-refractivity contribution in [3.05, 3.63) is 23.9 Å². The lowest BCUT2D eigenvalue weighted by Crippen LogP contribution is -1.94. The van der Waals surface area contributed by atoms with Crippen LogP contribution in [0.3, 0.4) is 0 Å². The molecular formula is C12H14N2O3. The van der Waals surface area contributed by atoms with E-state index in [-0.39, 0.29) is 5.88 Å². The lowest BCUT2D eigenvalue weighted by atomic mass is 10.0. The zero-order chi connectivity index (χ0) is 12.4. The molecule has 2 rings (SSSR count). The summed E-state index contributed by atoms with van der Waals surface area (Å²) in [6, 6.07) is 3.75. The van der Waals surface area contributed by atoms with Crippen LogP contribution in [0.2, 0.25) is 0 Å². The average Bonchev–Trinajstić information content (AvgIpc) is 2.76. The van der Waals surface area contributed by atoms with E-state index in [1.807, 2.05) is 19.1 Å². The van der Waals surface area contributed by atoms with Gasteiger partial charge >= 0.3 is 0 Å². The van der Waals surface area contributed by atoms with Crippen molar-refractivity contribution in [3.63, 3.8) is 0 Å². The number of nitrogens with zero attached hydrogens (tertiary/aromatic N) is 1. The van der Waals surface area contributed by atoms with Gasteiger partial charge in [-0.1, -0.05) is 5.16 Å². The van der Waals surface area contributed by atoms with Gasteiger partial charge in [0.25, 0.3) is 0 Å². The third kappa shape index (κ3) is 1.91. The smallest absolute Gasteiger partial charge is 0.229 e. The van der Waals surface area contributed by atoms with Gasteiger partial charge in [-0.2, -0.15) is 0 Å². The molecule has 0 aliphatic rings. The van der Waals surface area contributed by atoms with Crippen LogP contribution < -0.4 is 15.2 Å². The van der Waals surface area contributed by atoms with Crippen molar-refractivity contribution in [3.8, 4) is 22.6 Å². The summed E-state index contributed by atoms with van der Waals surface area (Å²) in [5.74, 6) is 1.75. The summed E-state index contributed by atoms with van der Waals surface area (Å²) in [5.41, 5.74) is 8.20. The molecular weight excluding hydrogens is 220 g/mol. The molecule has 0 saturated heterocycles. The van der Waals surface area contributed by atoms with Gasteiger partial charge in [0, 0.05) is 5.56 Å². The minimum absolute atomic E-state index is 0.276. The third-order valence-corrected chi connectivity index (χ3v) is 2.66. The Morgan fingerprint density at radius 2 is 1.76 bits per heavy atom. The summed E-state index contributed by atoms with van der Waals surface area (Å²) >= 11 is 0. The fourth-order valence-electron chi connectivity index (χ4n) is 1.71. The minimum Gasteiger partial charge on any atom is -0.496 e. The van der Waals surface area contributed by atoms with E-state index in [9.17, 15) is 0 Å². The highest BCUT2D eigenvalue weighted by atomic mass is 16.5. The fraction of sp³-hybridized carbons (Fsp3) is 0.250. The van der Waals surface area contributed by atoms with Crippen LogP contribution in [0.5, 0.6) is 11.5 Å². The summed E-state index contributed by atoms with van der Waals surface area (Å²) in [5, 5.41) is 3.65. The van der Waals surface area contributed by atoms with Crippen LogP contribution in [0, 0.1) is 6.92 Å².